The highest BCUT2D eigenvalue weighted by Gasteiger charge is 2.44. The third-order valence-corrected chi connectivity index (χ3v) is 8.80. The molecule has 2 fully saturated rings. The van der Waals surface area contributed by atoms with Gasteiger partial charge in [0.05, 0.1) is 17.0 Å². The Labute approximate surface area is 236 Å². The van der Waals surface area contributed by atoms with E-state index in [1.165, 1.54) is 6.07 Å². The fourth-order valence-electron chi connectivity index (χ4n) is 6.35. The summed E-state index contributed by atoms with van der Waals surface area (Å²) < 4.78 is 93.6. The molecule has 0 radical (unpaired) electrons. The first kappa shape index (κ1) is 29.0. The van der Waals surface area contributed by atoms with E-state index in [-0.39, 0.29) is 35.7 Å². The lowest BCUT2D eigenvalue weighted by molar-refractivity contribution is -0.222. The van der Waals surface area contributed by atoms with Crippen LogP contribution in [0.3, 0.4) is 0 Å². The van der Waals surface area contributed by atoms with Crippen molar-refractivity contribution in [3.05, 3.63) is 88.5 Å². The van der Waals surface area contributed by atoms with Crippen molar-refractivity contribution in [3.63, 3.8) is 0 Å². The molecule has 8 heteroatoms. The standard InChI is InChI=1S/C33H31F6NO/c1-19-2-4-20(5-3-19)22-10-13-27(29(35)14-22)21-8-11-25(12-9-21)33(38,39)41-26-16-30(36)32(31(37)17-26)23-6-7-24(18-40)28(34)15-23/h6-7,10,13-17,19-21,25H,2-5,8-9,11-12H2,1H3. The van der Waals surface area contributed by atoms with Crippen molar-refractivity contribution < 1.29 is 31.1 Å². The summed E-state index contributed by atoms with van der Waals surface area (Å²) in [5, 5.41) is 8.84. The van der Waals surface area contributed by atoms with Gasteiger partial charge in [0.2, 0.25) is 0 Å². The first-order valence-electron chi connectivity index (χ1n) is 14.1. The lowest BCUT2D eigenvalue weighted by Gasteiger charge is -2.34. The van der Waals surface area contributed by atoms with Crippen LogP contribution in [0.5, 0.6) is 5.75 Å². The van der Waals surface area contributed by atoms with E-state index in [0.717, 1.165) is 43.4 Å². The van der Waals surface area contributed by atoms with Crippen molar-refractivity contribution in [1.82, 2.24) is 0 Å². The van der Waals surface area contributed by atoms with Crippen LogP contribution in [0, 0.1) is 46.4 Å². The minimum Gasteiger partial charge on any atom is -0.432 e. The molecule has 216 valence electrons. The van der Waals surface area contributed by atoms with Crippen LogP contribution in [0.4, 0.5) is 26.3 Å². The van der Waals surface area contributed by atoms with Gasteiger partial charge in [-0.3, -0.25) is 0 Å². The van der Waals surface area contributed by atoms with Crippen LogP contribution >= 0.6 is 0 Å². The molecular weight excluding hydrogens is 540 g/mol. The number of hydrogen-bond acceptors (Lipinski definition) is 2. The highest BCUT2D eigenvalue weighted by atomic mass is 19.3. The van der Waals surface area contributed by atoms with Gasteiger partial charge >= 0.3 is 6.11 Å². The van der Waals surface area contributed by atoms with Gasteiger partial charge in [-0.2, -0.15) is 14.0 Å². The van der Waals surface area contributed by atoms with Crippen LogP contribution in [0.25, 0.3) is 11.1 Å². The van der Waals surface area contributed by atoms with Gasteiger partial charge in [0, 0.05) is 12.1 Å². The van der Waals surface area contributed by atoms with Gasteiger partial charge in [-0.05, 0) is 91.2 Å². The average molecular weight is 572 g/mol. The zero-order chi connectivity index (χ0) is 29.3. The molecule has 2 aliphatic carbocycles. The molecule has 0 spiro atoms. The fraction of sp³-hybridized carbons (Fsp3) is 0.424. The van der Waals surface area contributed by atoms with Crippen molar-refractivity contribution in [2.75, 3.05) is 0 Å². The SMILES string of the molecule is CC1CCC(c2ccc(C3CCC(C(F)(F)Oc4cc(F)c(-c5ccc(C#N)c(F)c5)c(F)c4)CC3)c(F)c2)CC1. The summed E-state index contributed by atoms with van der Waals surface area (Å²) in [5.41, 5.74) is 0.455. The Morgan fingerprint density at radius 3 is 1.95 bits per heavy atom. The molecule has 0 amide bonds. The van der Waals surface area contributed by atoms with E-state index in [9.17, 15) is 13.2 Å². The maximum absolute atomic E-state index is 15.1. The van der Waals surface area contributed by atoms with Gasteiger partial charge in [0.25, 0.3) is 0 Å². The summed E-state index contributed by atoms with van der Waals surface area (Å²) >= 11 is 0. The number of benzene rings is 3. The Morgan fingerprint density at radius 1 is 0.732 bits per heavy atom. The summed E-state index contributed by atoms with van der Waals surface area (Å²) in [7, 11) is 0. The lowest BCUT2D eigenvalue weighted by Crippen LogP contribution is -2.37. The first-order valence-corrected chi connectivity index (χ1v) is 14.1. The number of rotatable bonds is 6. The van der Waals surface area contributed by atoms with Crippen molar-refractivity contribution >= 4 is 0 Å². The maximum atomic E-state index is 15.1. The van der Waals surface area contributed by atoms with E-state index in [2.05, 4.69) is 6.92 Å². The number of nitrogens with zero attached hydrogens (tertiary/aromatic N) is 1. The predicted octanol–water partition coefficient (Wildman–Crippen LogP) is 10.0. The molecule has 0 saturated heterocycles. The molecule has 0 atom stereocenters. The van der Waals surface area contributed by atoms with E-state index >= 15 is 13.2 Å². The second-order valence-electron chi connectivity index (χ2n) is 11.5. The van der Waals surface area contributed by atoms with Crippen LogP contribution in [-0.2, 0) is 0 Å². The third kappa shape index (κ3) is 6.24. The highest BCUT2D eigenvalue weighted by molar-refractivity contribution is 5.67. The molecule has 0 N–H and O–H groups in total. The molecule has 2 saturated carbocycles. The molecule has 0 heterocycles. The summed E-state index contributed by atoms with van der Waals surface area (Å²) in [6, 6.07) is 11.3. The quantitative estimate of drug-likeness (QED) is 0.276. The molecule has 3 aromatic carbocycles. The number of halogens is 6. The fourth-order valence-corrected chi connectivity index (χ4v) is 6.35. The summed E-state index contributed by atoms with van der Waals surface area (Å²) in [5.74, 6) is -4.69. The summed E-state index contributed by atoms with van der Waals surface area (Å²) in [6.07, 6.45) is 1.46. The third-order valence-electron chi connectivity index (χ3n) is 8.80. The van der Waals surface area contributed by atoms with Crippen molar-refractivity contribution in [3.8, 4) is 22.9 Å². The number of hydrogen-bond donors (Lipinski definition) is 0. The van der Waals surface area contributed by atoms with Crippen LogP contribution in [-0.4, -0.2) is 6.11 Å². The Balaban J connectivity index is 1.23. The van der Waals surface area contributed by atoms with E-state index in [1.807, 2.05) is 6.07 Å². The largest absolute Gasteiger partial charge is 0.432 e. The molecule has 2 nitrogen and oxygen atoms in total. The second-order valence-corrected chi connectivity index (χ2v) is 11.5. The molecule has 0 unspecified atom stereocenters. The van der Waals surface area contributed by atoms with Gasteiger partial charge in [-0.1, -0.05) is 38.0 Å². The highest BCUT2D eigenvalue weighted by Crippen LogP contribution is 2.45. The molecule has 2 aliphatic rings. The Kier molecular flexibility index (Phi) is 8.35. The summed E-state index contributed by atoms with van der Waals surface area (Å²) in [4.78, 5) is 0. The molecule has 3 aromatic rings. The normalized spacial score (nSPS) is 23.2. The number of nitriles is 1. The molecule has 0 bridgehead atoms. The zero-order valence-electron chi connectivity index (χ0n) is 22.7. The maximum Gasteiger partial charge on any atom is 0.400 e. The zero-order valence-corrected chi connectivity index (χ0v) is 22.7. The van der Waals surface area contributed by atoms with Gasteiger partial charge in [-0.25, -0.2) is 17.6 Å². The number of ether oxygens (including phenoxy) is 1. The van der Waals surface area contributed by atoms with E-state index in [4.69, 9.17) is 10.00 Å². The van der Waals surface area contributed by atoms with Crippen LogP contribution < -0.4 is 4.74 Å². The molecule has 0 aliphatic heterocycles. The lowest BCUT2D eigenvalue weighted by atomic mass is 9.76. The van der Waals surface area contributed by atoms with Crippen molar-refractivity contribution in [2.45, 2.75) is 76.2 Å². The Hall–Kier alpha value is -3.47. The van der Waals surface area contributed by atoms with E-state index in [1.54, 1.807) is 18.2 Å². The van der Waals surface area contributed by atoms with Crippen LogP contribution in [0.1, 0.15) is 86.8 Å². The molecule has 0 aromatic heterocycles. The van der Waals surface area contributed by atoms with Gasteiger partial charge < -0.3 is 4.74 Å². The topological polar surface area (TPSA) is 33.0 Å². The van der Waals surface area contributed by atoms with E-state index in [0.29, 0.717) is 42.4 Å². The molecule has 41 heavy (non-hydrogen) atoms. The minimum atomic E-state index is -3.70. The summed E-state index contributed by atoms with van der Waals surface area (Å²) in [6.45, 7) is 2.24. The molecular formula is C33H31F6NO. The molecule has 5 rings (SSSR count). The minimum absolute atomic E-state index is 0.0624. The van der Waals surface area contributed by atoms with Gasteiger partial charge in [0.1, 0.15) is 35.1 Å². The van der Waals surface area contributed by atoms with E-state index < -0.39 is 40.8 Å². The predicted molar refractivity (Wildman–Crippen MR) is 144 cm³/mol. The van der Waals surface area contributed by atoms with Crippen LogP contribution in [0.2, 0.25) is 0 Å². The second kappa shape index (κ2) is 11.8. The van der Waals surface area contributed by atoms with Crippen molar-refractivity contribution in [1.29, 1.82) is 5.26 Å². The van der Waals surface area contributed by atoms with Crippen LogP contribution in [0.15, 0.2) is 48.5 Å². The number of alkyl halides is 2. The van der Waals surface area contributed by atoms with Gasteiger partial charge in [0.15, 0.2) is 0 Å². The first-order chi connectivity index (χ1) is 19.6. The smallest absolute Gasteiger partial charge is 0.400 e. The monoisotopic (exact) mass is 571 g/mol. The van der Waals surface area contributed by atoms with Gasteiger partial charge in [-0.15, -0.1) is 0 Å². The van der Waals surface area contributed by atoms with Crippen molar-refractivity contribution in [2.24, 2.45) is 11.8 Å². The Morgan fingerprint density at radius 2 is 1.37 bits per heavy atom. The Bertz CT molecular complexity index is 1430. The average Bonchev–Trinajstić information content (AvgIpc) is 2.93.